The predicted octanol–water partition coefficient (Wildman–Crippen LogP) is 2.76. The summed E-state index contributed by atoms with van der Waals surface area (Å²) in [6.45, 7) is 0. The molecule has 0 radical (unpaired) electrons. The van der Waals surface area contributed by atoms with Crippen molar-refractivity contribution in [3.63, 3.8) is 0 Å². The number of hydrogen-bond donors (Lipinski definition) is 4. The second-order valence-electron chi connectivity index (χ2n) is 5.27. The normalized spacial score (nSPS) is 11.2. The fourth-order valence-corrected chi connectivity index (χ4v) is 1.98. The Morgan fingerprint density at radius 3 is 2.08 bits per heavy atom. The molecule has 0 bridgehead atoms. The molecule has 0 unspecified atom stereocenters. The van der Waals surface area contributed by atoms with Crippen molar-refractivity contribution in [1.82, 2.24) is 0 Å². The molecule has 0 aliphatic carbocycles. The third kappa shape index (κ3) is 5.24. The maximum Gasteiger partial charge on any atom is 0.163 e. The number of allylic oxidation sites excluding steroid dienone is 2. The quantitative estimate of drug-likeness (QED) is 0.278. The molecule has 2 rings (SSSR count). The first kappa shape index (κ1) is 17.8. The molecule has 0 aliphatic heterocycles. The Morgan fingerprint density at radius 2 is 1.40 bits per heavy atom. The highest BCUT2D eigenvalue weighted by molar-refractivity contribution is 6.11. The van der Waals surface area contributed by atoms with E-state index in [1.54, 1.807) is 0 Å². The lowest BCUT2D eigenvalue weighted by Crippen LogP contribution is -2.01. The van der Waals surface area contributed by atoms with Crippen LogP contribution in [0.25, 0.3) is 12.2 Å². The van der Waals surface area contributed by atoms with E-state index >= 15 is 0 Å². The second kappa shape index (κ2) is 7.83. The number of aromatic hydroxyl groups is 4. The number of phenols is 4. The molecular weight excluding hydrogens is 324 g/mol. The van der Waals surface area contributed by atoms with Gasteiger partial charge in [0.25, 0.3) is 0 Å². The Labute approximate surface area is 143 Å². The van der Waals surface area contributed by atoms with Gasteiger partial charge in [-0.2, -0.15) is 0 Å². The van der Waals surface area contributed by atoms with Gasteiger partial charge in [0, 0.05) is 5.56 Å². The molecule has 6 nitrogen and oxygen atoms in total. The Bertz CT molecular complexity index is 864. The zero-order valence-electron chi connectivity index (χ0n) is 13.1. The average molecular weight is 340 g/mol. The topological polar surface area (TPSA) is 115 Å². The van der Waals surface area contributed by atoms with Crippen molar-refractivity contribution in [1.29, 1.82) is 0 Å². The van der Waals surface area contributed by atoms with Crippen molar-refractivity contribution in [2.75, 3.05) is 0 Å². The van der Waals surface area contributed by atoms with Crippen LogP contribution in [0, 0.1) is 0 Å². The fraction of sp³-hybridized carbons (Fsp3) is 0.0526. The van der Waals surface area contributed by atoms with Crippen LogP contribution in [0.2, 0.25) is 0 Å². The van der Waals surface area contributed by atoms with Gasteiger partial charge in [0.15, 0.2) is 23.1 Å². The summed E-state index contributed by atoms with van der Waals surface area (Å²) in [5.41, 5.74) is 0.757. The summed E-state index contributed by atoms with van der Waals surface area (Å²) in [4.78, 5) is 23.5. The summed E-state index contributed by atoms with van der Waals surface area (Å²) in [6, 6.07) is 7.97. The van der Waals surface area contributed by atoms with Crippen LogP contribution < -0.4 is 0 Å². The molecular formula is C19H16O6. The van der Waals surface area contributed by atoms with Crippen molar-refractivity contribution in [2.45, 2.75) is 6.42 Å². The molecule has 0 aliphatic rings. The third-order valence-corrected chi connectivity index (χ3v) is 3.27. The standard InChI is InChI=1S/C19H16O6/c20-14-6-8-17(23)13(10-14)3-5-16(22)11-15(21)4-1-12-2-7-18(24)19(25)9-12/h1-10,20,23-25H,11H2/b4-1+,5-3+. The first-order valence-electron chi connectivity index (χ1n) is 7.31. The number of phenolic OH excluding ortho intramolecular Hbond substituents is 4. The van der Waals surface area contributed by atoms with E-state index in [4.69, 9.17) is 0 Å². The van der Waals surface area contributed by atoms with Crippen molar-refractivity contribution in [3.05, 3.63) is 59.7 Å². The Morgan fingerprint density at radius 1 is 0.760 bits per heavy atom. The first-order valence-corrected chi connectivity index (χ1v) is 7.31. The van der Waals surface area contributed by atoms with Gasteiger partial charge in [0.2, 0.25) is 0 Å². The molecule has 128 valence electrons. The van der Waals surface area contributed by atoms with E-state index in [9.17, 15) is 30.0 Å². The van der Waals surface area contributed by atoms with Crippen LogP contribution in [0.3, 0.4) is 0 Å². The second-order valence-corrected chi connectivity index (χ2v) is 5.27. The van der Waals surface area contributed by atoms with E-state index in [0.29, 0.717) is 5.56 Å². The lowest BCUT2D eigenvalue weighted by atomic mass is 10.1. The van der Waals surface area contributed by atoms with Crippen LogP contribution in [0.5, 0.6) is 23.0 Å². The van der Waals surface area contributed by atoms with Gasteiger partial charge in [0.1, 0.15) is 11.5 Å². The molecule has 0 amide bonds. The van der Waals surface area contributed by atoms with E-state index < -0.39 is 11.6 Å². The van der Waals surface area contributed by atoms with Gasteiger partial charge >= 0.3 is 0 Å². The number of hydrogen-bond acceptors (Lipinski definition) is 6. The van der Waals surface area contributed by atoms with E-state index in [2.05, 4.69) is 0 Å². The minimum atomic E-state index is -0.467. The molecule has 6 heteroatoms. The summed E-state index contributed by atoms with van der Waals surface area (Å²) in [7, 11) is 0. The highest BCUT2D eigenvalue weighted by atomic mass is 16.3. The van der Waals surface area contributed by atoms with E-state index in [1.165, 1.54) is 54.6 Å². The molecule has 0 spiro atoms. The molecule has 4 N–H and O–H groups in total. The minimum Gasteiger partial charge on any atom is -0.508 e. The van der Waals surface area contributed by atoms with Crippen LogP contribution in [0.1, 0.15) is 17.5 Å². The van der Waals surface area contributed by atoms with Crippen molar-refractivity contribution >= 4 is 23.7 Å². The Kier molecular flexibility index (Phi) is 5.58. The lowest BCUT2D eigenvalue weighted by molar-refractivity contribution is -0.121. The maximum atomic E-state index is 11.8. The fourth-order valence-electron chi connectivity index (χ4n) is 1.98. The van der Waals surface area contributed by atoms with E-state index in [1.807, 2.05) is 0 Å². The summed E-state index contributed by atoms with van der Waals surface area (Å²) in [5, 5.41) is 37.5. The van der Waals surface area contributed by atoms with Crippen molar-refractivity contribution < 1.29 is 30.0 Å². The molecule has 0 fully saturated rings. The number of rotatable bonds is 6. The zero-order valence-corrected chi connectivity index (χ0v) is 13.1. The number of carbonyl (C=O) groups is 2. The molecule has 0 saturated carbocycles. The predicted molar refractivity (Wildman–Crippen MR) is 92.2 cm³/mol. The smallest absolute Gasteiger partial charge is 0.163 e. The molecule has 2 aromatic rings. The summed E-state index contributed by atoms with van der Waals surface area (Å²) in [6.07, 6.45) is 4.71. The van der Waals surface area contributed by atoms with Gasteiger partial charge < -0.3 is 20.4 Å². The number of carbonyl (C=O) groups excluding carboxylic acids is 2. The number of benzene rings is 2. The molecule has 0 atom stereocenters. The Hall–Kier alpha value is -3.54. The van der Waals surface area contributed by atoms with Gasteiger partial charge in [-0.3, -0.25) is 9.59 Å². The molecule has 0 saturated heterocycles. The van der Waals surface area contributed by atoms with E-state index in [0.717, 1.165) is 6.08 Å². The van der Waals surface area contributed by atoms with Gasteiger partial charge in [-0.25, -0.2) is 0 Å². The van der Waals surface area contributed by atoms with Crippen LogP contribution in [-0.2, 0) is 9.59 Å². The third-order valence-electron chi connectivity index (χ3n) is 3.27. The Balaban J connectivity index is 1.96. The van der Waals surface area contributed by atoms with E-state index in [-0.39, 0.29) is 35.0 Å². The van der Waals surface area contributed by atoms with Crippen LogP contribution in [0.4, 0.5) is 0 Å². The first-order chi connectivity index (χ1) is 11.8. The molecule has 0 heterocycles. The van der Waals surface area contributed by atoms with Crippen molar-refractivity contribution in [2.24, 2.45) is 0 Å². The zero-order chi connectivity index (χ0) is 18.4. The summed E-state index contributed by atoms with van der Waals surface area (Å²) in [5.74, 6) is -1.63. The van der Waals surface area contributed by atoms with Gasteiger partial charge in [-0.05, 0) is 54.1 Å². The van der Waals surface area contributed by atoms with Gasteiger partial charge in [-0.1, -0.05) is 12.1 Å². The molecule has 25 heavy (non-hydrogen) atoms. The lowest BCUT2D eigenvalue weighted by Gasteiger charge is -1.99. The molecule has 2 aromatic carbocycles. The SMILES string of the molecule is O=C(/C=C/c1ccc(O)c(O)c1)CC(=O)/C=C/c1cc(O)ccc1O. The largest absolute Gasteiger partial charge is 0.508 e. The number of ketones is 2. The average Bonchev–Trinajstić information content (AvgIpc) is 2.57. The van der Waals surface area contributed by atoms with Crippen LogP contribution in [-0.4, -0.2) is 32.0 Å². The van der Waals surface area contributed by atoms with Crippen molar-refractivity contribution in [3.8, 4) is 23.0 Å². The summed E-state index contributed by atoms with van der Waals surface area (Å²) >= 11 is 0. The molecule has 0 aromatic heterocycles. The highest BCUT2D eigenvalue weighted by Gasteiger charge is 2.05. The minimum absolute atomic E-state index is 0.0546. The maximum absolute atomic E-state index is 11.8. The van der Waals surface area contributed by atoms with Gasteiger partial charge in [-0.15, -0.1) is 0 Å². The highest BCUT2D eigenvalue weighted by Crippen LogP contribution is 2.25. The summed E-state index contributed by atoms with van der Waals surface area (Å²) < 4.78 is 0. The monoisotopic (exact) mass is 340 g/mol. The van der Waals surface area contributed by atoms with Crippen LogP contribution >= 0.6 is 0 Å². The van der Waals surface area contributed by atoms with Gasteiger partial charge in [0.05, 0.1) is 6.42 Å². The van der Waals surface area contributed by atoms with Crippen LogP contribution in [0.15, 0.2) is 48.6 Å².